The van der Waals surface area contributed by atoms with E-state index in [2.05, 4.69) is 49.0 Å². The van der Waals surface area contributed by atoms with Gasteiger partial charge in [-0.1, -0.05) is 74.0 Å². The lowest BCUT2D eigenvalue weighted by molar-refractivity contribution is 0.0932. The van der Waals surface area contributed by atoms with Crippen LogP contribution in [-0.2, 0) is 11.3 Å². The van der Waals surface area contributed by atoms with Gasteiger partial charge in [-0.25, -0.2) is 5.43 Å². The lowest BCUT2D eigenvalue weighted by Crippen LogP contribution is -2.40. The maximum atomic E-state index is 12.6. The first-order valence-electron chi connectivity index (χ1n) is 11.8. The van der Waals surface area contributed by atoms with E-state index in [4.69, 9.17) is 21.1 Å². The summed E-state index contributed by atoms with van der Waals surface area (Å²) in [6.07, 6.45) is 0. The molecule has 3 aromatic carbocycles. The van der Waals surface area contributed by atoms with E-state index < -0.39 is 5.91 Å². The number of benzene rings is 3. The Bertz CT molecular complexity index is 1330. The number of hydrogen-bond donors (Lipinski definition) is 3. The topological polar surface area (TPSA) is 79.8 Å². The monoisotopic (exact) mass is 508 g/mol. The second-order valence-corrected chi connectivity index (χ2v) is 9.29. The zero-order chi connectivity index (χ0) is 26.2. The average molecular weight is 509 g/mol. The van der Waals surface area contributed by atoms with Crippen molar-refractivity contribution in [2.24, 2.45) is 0 Å². The standard InChI is InChI=1S/C29H33ClN2O4/c1-18(2)22-12-10-21(11-13-22)17-36-20(4)24-9-7-6-8-23(24)19(3)16-31-32-29(34)25-14-26(30)27(33)15-28(25)35-5/h6-15,18,31,33H,16-17H2,1-5H3,(H,32,34)/b23-19+,24-20+. The molecule has 0 saturated carbocycles. The summed E-state index contributed by atoms with van der Waals surface area (Å²) in [5, 5.41) is 11.8. The van der Waals surface area contributed by atoms with Crippen LogP contribution in [0.15, 0.2) is 60.7 Å². The number of hydrazine groups is 1. The molecule has 3 N–H and O–H groups in total. The van der Waals surface area contributed by atoms with E-state index in [1.807, 2.05) is 38.1 Å². The molecule has 7 heteroatoms. The summed E-state index contributed by atoms with van der Waals surface area (Å²) in [7, 11) is 1.42. The van der Waals surface area contributed by atoms with Gasteiger partial charge in [-0.05, 0) is 47.8 Å². The van der Waals surface area contributed by atoms with Crippen LogP contribution in [0, 0.1) is 0 Å². The zero-order valence-electron chi connectivity index (χ0n) is 21.3. The van der Waals surface area contributed by atoms with Crippen LogP contribution in [0.1, 0.15) is 55.1 Å². The Kier molecular flexibility index (Phi) is 9.39. The molecular formula is C29H33ClN2O4. The molecule has 0 heterocycles. The predicted molar refractivity (Wildman–Crippen MR) is 144 cm³/mol. The minimum absolute atomic E-state index is 0.0690. The van der Waals surface area contributed by atoms with Crippen LogP contribution >= 0.6 is 11.6 Å². The van der Waals surface area contributed by atoms with Gasteiger partial charge < -0.3 is 14.6 Å². The highest BCUT2D eigenvalue weighted by Crippen LogP contribution is 2.31. The van der Waals surface area contributed by atoms with Crippen LogP contribution in [-0.4, -0.2) is 24.7 Å². The molecule has 0 aliphatic heterocycles. The molecule has 0 aromatic heterocycles. The van der Waals surface area contributed by atoms with Gasteiger partial charge in [0.2, 0.25) is 0 Å². The number of nitrogens with one attached hydrogen (secondary N) is 2. The largest absolute Gasteiger partial charge is 0.506 e. The fourth-order valence-corrected chi connectivity index (χ4v) is 3.90. The molecule has 1 amide bonds. The van der Waals surface area contributed by atoms with Crippen molar-refractivity contribution < 1.29 is 19.4 Å². The van der Waals surface area contributed by atoms with Gasteiger partial charge in [0.05, 0.1) is 17.7 Å². The number of carbonyl (C=O) groups excluding carboxylic acids is 1. The molecule has 0 aliphatic rings. The average Bonchev–Trinajstić information content (AvgIpc) is 2.88. The van der Waals surface area contributed by atoms with Crippen LogP contribution in [0.2, 0.25) is 5.02 Å². The summed E-state index contributed by atoms with van der Waals surface area (Å²) in [6, 6.07) is 19.2. The first-order valence-corrected chi connectivity index (χ1v) is 12.2. The Morgan fingerprint density at radius 2 is 1.69 bits per heavy atom. The quantitative estimate of drug-likeness (QED) is 0.367. The van der Waals surface area contributed by atoms with Crippen molar-refractivity contribution >= 4 is 28.8 Å². The van der Waals surface area contributed by atoms with Gasteiger partial charge in [-0.15, -0.1) is 0 Å². The van der Waals surface area contributed by atoms with Crippen molar-refractivity contribution in [3.05, 3.63) is 92.8 Å². The van der Waals surface area contributed by atoms with Crippen LogP contribution in [0.4, 0.5) is 0 Å². The zero-order valence-corrected chi connectivity index (χ0v) is 22.1. The number of carbonyl (C=O) groups is 1. The van der Waals surface area contributed by atoms with E-state index in [-0.39, 0.29) is 22.1 Å². The van der Waals surface area contributed by atoms with Crippen molar-refractivity contribution in [3.63, 3.8) is 0 Å². The molecule has 0 bridgehead atoms. The second-order valence-electron chi connectivity index (χ2n) is 8.88. The van der Waals surface area contributed by atoms with Gasteiger partial charge in [0.1, 0.15) is 23.9 Å². The van der Waals surface area contributed by atoms with E-state index in [0.717, 1.165) is 27.3 Å². The van der Waals surface area contributed by atoms with Crippen molar-refractivity contribution in [1.29, 1.82) is 0 Å². The van der Waals surface area contributed by atoms with Crippen molar-refractivity contribution in [2.75, 3.05) is 13.7 Å². The van der Waals surface area contributed by atoms with E-state index in [1.165, 1.54) is 24.8 Å². The molecule has 0 fully saturated rings. The summed E-state index contributed by atoms with van der Waals surface area (Å²) < 4.78 is 11.3. The number of phenolic OH excluding ortho intramolecular Hbond substituents is 1. The number of hydrogen-bond acceptors (Lipinski definition) is 5. The van der Waals surface area contributed by atoms with Gasteiger partial charge in [0.25, 0.3) is 5.91 Å². The third kappa shape index (κ3) is 6.80. The Labute approximate surface area is 217 Å². The summed E-state index contributed by atoms with van der Waals surface area (Å²) in [5.74, 6) is 0.969. The highest BCUT2D eigenvalue weighted by Gasteiger charge is 2.15. The maximum Gasteiger partial charge on any atom is 0.269 e. The molecule has 0 saturated heterocycles. The summed E-state index contributed by atoms with van der Waals surface area (Å²) in [4.78, 5) is 12.6. The van der Waals surface area contributed by atoms with Crippen molar-refractivity contribution in [3.8, 4) is 11.5 Å². The maximum absolute atomic E-state index is 12.6. The lowest BCUT2D eigenvalue weighted by atomic mass is 10.0. The number of rotatable bonds is 9. The number of aromatic hydroxyl groups is 1. The summed E-state index contributed by atoms with van der Waals surface area (Å²) >= 11 is 5.96. The van der Waals surface area contributed by atoms with Crippen molar-refractivity contribution in [1.82, 2.24) is 10.9 Å². The Balaban J connectivity index is 1.72. The van der Waals surface area contributed by atoms with Gasteiger partial charge in [0.15, 0.2) is 0 Å². The number of ether oxygens (including phenoxy) is 2. The minimum atomic E-state index is -0.426. The number of phenols is 1. The highest BCUT2D eigenvalue weighted by atomic mass is 35.5. The van der Waals surface area contributed by atoms with Crippen LogP contribution in [0.3, 0.4) is 0 Å². The molecule has 6 nitrogen and oxygen atoms in total. The van der Waals surface area contributed by atoms with E-state index in [9.17, 15) is 9.90 Å². The summed E-state index contributed by atoms with van der Waals surface area (Å²) in [6.45, 7) is 9.21. The van der Waals surface area contributed by atoms with E-state index >= 15 is 0 Å². The normalized spacial score (nSPS) is 12.8. The van der Waals surface area contributed by atoms with Gasteiger partial charge in [0, 0.05) is 17.8 Å². The highest BCUT2D eigenvalue weighted by molar-refractivity contribution is 6.32. The molecule has 0 atom stereocenters. The third-order valence-electron chi connectivity index (χ3n) is 5.94. The molecule has 3 aromatic rings. The molecule has 0 aliphatic carbocycles. The SMILES string of the molecule is COc1cc(O)c(Cl)cc1C(=O)NNC/C(C)=c1\cccc\c1=C(\C)OCc1ccc(C(C)C)cc1. The molecule has 0 unspecified atom stereocenters. The Morgan fingerprint density at radius 3 is 2.33 bits per heavy atom. The van der Waals surface area contributed by atoms with Gasteiger partial charge in [-0.2, -0.15) is 0 Å². The molecule has 190 valence electrons. The van der Waals surface area contributed by atoms with E-state index in [1.54, 1.807) is 0 Å². The summed E-state index contributed by atoms with van der Waals surface area (Å²) in [5.41, 5.74) is 9.27. The van der Waals surface area contributed by atoms with Gasteiger partial charge >= 0.3 is 0 Å². The molecular weight excluding hydrogens is 476 g/mol. The lowest BCUT2D eigenvalue weighted by Gasteiger charge is -2.12. The minimum Gasteiger partial charge on any atom is -0.506 e. The number of methoxy groups -OCH3 is 1. The smallest absolute Gasteiger partial charge is 0.269 e. The number of amides is 1. The second kappa shape index (κ2) is 12.5. The number of halogens is 1. The van der Waals surface area contributed by atoms with Crippen LogP contribution < -0.4 is 26.0 Å². The fourth-order valence-electron chi connectivity index (χ4n) is 3.74. The van der Waals surface area contributed by atoms with Crippen LogP contribution in [0.5, 0.6) is 11.5 Å². The van der Waals surface area contributed by atoms with Crippen molar-refractivity contribution in [2.45, 2.75) is 40.2 Å². The Morgan fingerprint density at radius 1 is 1.03 bits per heavy atom. The van der Waals surface area contributed by atoms with Gasteiger partial charge in [-0.3, -0.25) is 10.2 Å². The first kappa shape index (κ1) is 27.1. The third-order valence-corrected chi connectivity index (χ3v) is 6.24. The molecule has 3 rings (SSSR count). The molecule has 36 heavy (non-hydrogen) atoms. The molecule has 0 spiro atoms. The first-order chi connectivity index (χ1) is 17.2. The van der Waals surface area contributed by atoms with E-state index in [0.29, 0.717) is 19.1 Å². The molecule has 0 radical (unpaired) electrons. The Hall–Kier alpha value is -3.48. The predicted octanol–water partition coefficient (Wildman–Crippen LogP) is 4.63. The van der Waals surface area contributed by atoms with Crippen LogP contribution in [0.25, 0.3) is 11.3 Å². The fraction of sp³-hybridized carbons (Fsp3) is 0.276.